The molecule has 1 aliphatic heterocycles. The number of hydrogen-bond donors (Lipinski definition) is 1. The van der Waals surface area contributed by atoms with Crippen LogP contribution < -0.4 is 5.32 Å². The van der Waals surface area contributed by atoms with Crippen LogP contribution in [0.25, 0.3) is 0 Å². The molecule has 22 heavy (non-hydrogen) atoms. The number of anilines is 1. The fraction of sp³-hybridized carbons (Fsp3) is 0.316. The molecule has 4 rings (SSSR count). The van der Waals surface area contributed by atoms with Crippen LogP contribution in [-0.4, -0.2) is 5.91 Å². The van der Waals surface area contributed by atoms with Gasteiger partial charge in [-0.3, -0.25) is 4.79 Å². The Hall–Kier alpha value is -1.80. The van der Waals surface area contributed by atoms with Crippen molar-refractivity contribution >= 4 is 23.2 Å². The van der Waals surface area contributed by atoms with Crippen LogP contribution in [-0.2, 0) is 24.1 Å². The van der Waals surface area contributed by atoms with Gasteiger partial charge in [0, 0.05) is 17.1 Å². The van der Waals surface area contributed by atoms with Gasteiger partial charge in [0.1, 0.15) is 0 Å². The molecular formula is C19H20ClNO. The van der Waals surface area contributed by atoms with Gasteiger partial charge in [0.25, 0.3) is 0 Å². The lowest BCUT2D eigenvalue weighted by molar-refractivity contribution is -0.116. The normalized spacial score (nSPS) is 15.3. The molecule has 2 nitrogen and oxygen atoms in total. The summed E-state index contributed by atoms with van der Waals surface area (Å²) >= 11 is 5.64. The number of halogens is 1. The Labute approximate surface area is 136 Å². The lowest BCUT2D eigenvalue weighted by atomic mass is 9.98. The molecular weight excluding hydrogens is 294 g/mol. The average molecular weight is 314 g/mol. The maximum atomic E-state index is 11.2. The number of rotatable bonds is 0. The van der Waals surface area contributed by atoms with Crippen molar-refractivity contribution in [2.75, 3.05) is 5.32 Å². The minimum Gasteiger partial charge on any atom is -0.326 e. The minimum absolute atomic E-state index is 0.162. The Bertz CT molecular complexity index is 691. The lowest BCUT2D eigenvalue weighted by Crippen LogP contribution is -2.19. The molecule has 0 radical (unpaired) electrons. The van der Waals surface area contributed by atoms with Gasteiger partial charge >= 0.3 is 0 Å². The van der Waals surface area contributed by atoms with E-state index in [4.69, 9.17) is 11.6 Å². The Morgan fingerprint density at radius 1 is 0.955 bits per heavy atom. The summed E-state index contributed by atoms with van der Waals surface area (Å²) in [5, 5.41) is 3.76. The van der Waals surface area contributed by atoms with E-state index in [-0.39, 0.29) is 5.91 Å². The molecule has 0 fully saturated rings. The summed E-state index contributed by atoms with van der Waals surface area (Å²) in [5.74, 6) is 0.162. The fourth-order valence-corrected chi connectivity index (χ4v) is 3.31. The van der Waals surface area contributed by atoms with E-state index in [2.05, 4.69) is 17.4 Å². The molecule has 0 aromatic heterocycles. The van der Waals surface area contributed by atoms with Gasteiger partial charge in [-0.25, -0.2) is 0 Å². The molecule has 2 aromatic rings. The third-order valence-electron chi connectivity index (χ3n) is 4.19. The second-order valence-corrected chi connectivity index (χ2v) is 6.42. The topological polar surface area (TPSA) is 29.1 Å². The number of aryl methyl sites for hydroxylation is 4. The van der Waals surface area contributed by atoms with E-state index in [1.54, 1.807) is 0 Å². The first-order chi connectivity index (χ1) is 10.6. The zero-order chi connectivity index (χ0) is 15.5. The third kappa shape index (κ3) is 3.50. The molecule has 2 aromatic carbocycles. The van der Waals surface area contributed by atoms with Gasteiger partial charge in [-0.05, 0) is 73.1 Å². The van der Waals surface area contributed by atoms with E-state index < -0.39 is 0 Å². The highest BCUT2D eigenvalue weighted by Crippen LogP contribution is 2.31. The number of carbonyl (C=O) groups is 1. The van der Waals surface area contributed by atoms with E-state index in [1.807, 2.05) is 31.2 Å². The summed E-state index contributed by atoms with van der Waals surface area (Å²) < 4.78 is 0. The monoisotopic (exact) mass is 313 g/mol. The standard InChI is InChI=1S/C12H13NO.C7H7Cl/c14-12-5-4-10-6-8-2-1-3-9(8)7-11(10)13-12;1-6-3-2-4-7(8)5-6/h6-7H,1-5H2,(H,13,14);2-5H,1H3. The third-order valence-corrected chi connectivity index (χ3v) is 4.43. The van der Waals surface area contributed by atoms with Gasteiger partial charge < -0.3 is 5.32 Å². The van der Waals surface area contributed by atoms with Crippen molar-refractivity contribution in [1.82, 2.24) is 0 Å². The molecule has 2 aliphatic rings. The quantitative estimate of drug-likeness (QED) is 0.750. The number of amides is 1. The summed E-state index contributed by atoms with van der Waals surface area (Å²) in [6.45, 7) is 2.02. The van der Waals surface area contributed by atoms with Crippen molar-refractivity contribution in [3.05, 3.63) is 63.7 Å². The molecule has 0 bridgehead atoms. The van der Waals surface area contributed by atoms with Crippen molar-refractivity contribution in [1.29, 1.82) is 0 Å². The predicted molar refractivity (Wildman–Crippen MR) is 91.6 cm³/mol. The van der Waals surface area contributed by atoms with Gasteiger partial charge in [-0.2, -0.15) is 0 Å². The molecule has 1 N–H and O–H groups in total. The van der Waals surface area contributed by atoms with Crippen molar-refractivity contribution in [3.8, 4) is 0 Å². The van der Waals surface area contributed by atoms with Gasteiger partial charge in [0.2, 0.25) is 5.91 Å². The second-order valence-electron chi connectivity index (χ2n) is 5.98. The molecule has 0 unspecified atom stereocenters. The zero-order valence-electron chi connectivity index (χ0n) is 12.8. The van der Waals surface area contributed by atoms with E-state index in [0.717, 1.165) is 17.1 Å². The van der Waals surface area contributed by atoms with E-state index in [1.165, 1.54) is 41.5 Å². The number of nitrogens with one attached hydrogen (secondary N) is 1. The molecule has 0 saturated carbocycles. The Morgan fingerprint density at radius 3 is 2.41 bits per heavy atom. The summed E-state index contributed by atoms with van der Waals surface area (Å²) in [6, 6.07) is 12.2. The number of hydrogen-bond acceptors (Lipinski definition) is 1. The fourth-order valence-electron chi connectivity index (χ4n) is 3.06. The van der Waals surface area contributed by atoms with E-state index >= 15 is 0 Å². The molecule has 0 spiro atoms. The van der Waals surface area contributed by atoms with Crippen LogP contribution in [0.1, 0.15) is 35.1 Å². The van der Waals surface area contributed by atoms with Crippen LogP contribution in [0, 0.1) is 6.92 Å². The number of carbonyl (C=O) groups excluding carboxylic acids is 1. The molecule has 1 aliphatic carbocycles. The molecule has 1 heterocycles. The molecule has 0 atom stereocenters. The van der Waals surface area contributed by atoms with Crippen molar-refractivity contribution in [2.45, 2.75) is 39.0 Å². The highest BCUT2D eigenvalue weighted by atomic mass is 35.5. The summed E-state index contributed by atoms with van der Waals surface area (Å²) in [6.07, 6.45) is 5.22. The van der Waals surface area contributed by atoms with Crippen molar-refractivity contribution < 1.29 is 4.79 Å². The van der Waals surface area contributed by atoms with Crippen LogP contribution in [0.5, 0.6) is 0 Å². The van der Waals surface area contributed by atoms with Crippen LogP contribution in [0.3, 0.4) is 0 Å². The first-order valence-corrected chi connectivity index (χ1v) is 8.16. The average Bonchev–Trinajstić information content (AvgIpc) is 2.92. The summed E-state index contributed by atoms with van der Waals surface area (Å²) in [5.41, 5.74) is 6.52. The maximum Gasteiger partial charge on any atom is 0.224 e. The highest BCUT2D eigenvalue weighted by molar-refractivity contribution is 6.30. The Morgan fingerprint density at radius 2 is 1.73 bits per heavy atom. The summed E-state index contributed by atoms with van der Waals surface area (Å²) in [7, 11) is 0. The number of fused-ring (bicyclic) bond motifs is 2. The molecule has 114 valence electrons. The smallest absolute Gasteiger partial charge is 0.224 e. The predicted octanol–water partition coefficient (Wildman–Crippen LogP) is 4.71. The van der Waals surface area contributed by atoms with Gasteiger partial charge in [0.05, 0.1) is 0 Å². The maximum absolute atomic E-state index is 11.2. The van der Waals surface area contributed by atoms with Crippen LogP contribution in [0.4, 0.5) is 5.69 Å². The lowest BCUT2D eigenvalue weighted by Gasteiger charge is -2.18. The first kappa shape index (κ1) is 15.1. The number of benzene rings is 2. The van der Waals surface area contributed by atoms with Gasteiger partial charge in [0.15, 0.2) is 0 Å². The minimum atomic E-state index is 0.162. The van der Waals surface area contributed by atoms with Crippen molar-refractivity contribution in [2.24, 2.45) is 0 Å². The van der Waals surface area contributed by atoms with Crippen LogP contribution >= 0.6 is 11.6 Å². The molecule has 3 heteroatoms. The zero-order valence-corrected chi connectivity index (χ0v) is 13.5. The van der Waals surface area contributed by atoms with Crippen molar-refractivity contribution in [3.63, 3.8) is 0 Å². The second kappa shape index (κ2) is 6.53. The van der Waals surface area contributed by atoms with Crippen LogP contribution in [0.15, 0.2) is 36.4 Å². The van der Waals surface area contributed by atoms with Crippen LogP contribution in [0.2, 0.25) is 5.02 Å². The van der Waals surface area contributed by atoms with Gasteiger partial charge in [-0.15, -0.1) is 0 Å². The van der Waals surface area contributed by atoms with E-state index in [9.17, 15) is 4.79 Å². The first-order valence-electron chi connectivity index (χ1n) is 7.78. The molecule has 1 amide bonds. The molecule has 0 saturated heterocycles. The SMILES string of the molecule is Cc1cccc(Cl)c1.O=C1CCc2cc3c(cc2N1)CCC3. The largest absolute Gasteiger partial charge is 0.326 e. The summed E-state index contributed by atoms with van der Waals surface area (Å²) in [4.78, 5) is 11.2. The van der Waals surface area contributed by atoms with Gasteiger partial charge in [-0.1, -0.05) is 29.8 Å². The Balaban J connectivity index is 0.000000154. The Kier molecular flexibility index (Phi) is 4.49. The van der Waals surface area contributed by atoms with E-state index in [0.29, 0.717) is 6.42 Å². The highest BCUT2D eigenvalue weighted by Gasteiger charge is 2.19.